The van der Waals surface area contributed by atoms with Gasteiger partial charge < -0.3 is 4.90 Å². The maximum absolute atomic E-state index is 12.7. The standard InChI is InChI=1S/C21H18ClF3N2O/c22-16-5-6-17-15(12-16)4-3-14-2-1-9-26-19(14)18(17)13-7-10-27(11-8-13)20(28)21(23,24)25/h1-2,5-6,9,12H,3-4,7-8,10-11H2. The van der Waals surface area contributed by atoms with E-state index in [1.165, 1.54) is 0 Å². The summed E-state index contributed by atoms with van der Waals surface area (Å²) in [4.78, 5) is 17.0. The van der Waals surface area contributed by atoms with Crippen LogP contribution < -0.4 is 0 Å². The van der Waals surface area contributed by atoms with Gasteiger partial charge in [-0.1, -0.05) is 29.3 Å². The topological polar surface area (TPSA) is 33.2 Å². The number of aromatic nitrogens is 1. The Morgan fingerprint density at radius 2 is 1.75 bits per heavy atom. The van der Waals surface area contributed by atoms with E-state index in [-0.39, 0.29) is 13.1 Å². The first-order valence-corrected chi connectivity index (χ1v) is 9.53. The van der Waals surface area contributed by atoms with Gasteiger partial charge in [0.2, 0.25) is 0 Å². The van der Waals surface area contributed by atoms with Crippen LogP contribution in [-0.2, 0) is 17.6 Å². The van der Waals surface area contributed by atoms with Crippen molar-refractivity contribution >= 4 is 23.1 Å². The second kappa shape index (κ2) is 7.24. The monoisotopic (exact) mass is 406 g/mol. The quantitative estimate of drug-likeness (QED) is 0.628. The third-order valence-corrected chi connectivity index (χ3v) is 5.61. The second-order valence-corrected chi connectivity index (χ2v) is 7.52. The molecule has 2 aliphatic rings. The van der Waals surface area contributed by atoms with Gasteiger partial charge in [-0.05, 0) is 60.6 Å². The molecular weight excluding hydrogens is 389 g/mol. The van der Waals surface area contributed by atoms with Gasteiger partial charge in [0, 0.05) is 29.9 Å². The number of halogens is 4. The number of carbonyl (C=O) groups is 1. The van der Waals surface area contributed by atoms with Gasteiger partial charge in [-0.25, -0.2) is 0 Å². The van der Waals surface area contributed by atoms with Gasteiger partial charge in [-0.3, -0.25) is 9.78 Å². The van der Waals surface area contributed by atoms with Crippen molar-refractivity contribution in [3.05, 3.63) is 69.5 Å². The van der Waals surface area contributed by atoms with E-state index in [4.69, 9.17) is 11.6 Å². The van der Waals surface area contributed by atoms with E-state index < -0.39 is 12.1 Å². The minimum absolute atomic E-state index is 0.0578. The maximum Gasteiger partial charge on any atom is 0.471 e. The molecule has 1 aliphatic heterocycles. The van der Waals surface area contributed by atoms with E-state index in [2.05, 4.69) is 4.98 Å². The highest BCUT2D eigenvalue weighted by atomic mass is 35.5. The highest BCUT2D eigenvalue weighted by molar-refractivity contribution is 6.30. The lowest BCUT2D eigenvalue weighted by Gasteiger charge is -2.30. The van der Waals surface area contributed by atoms with Crippen molar-refractivity contribution < 1.29 is 18.0 Å². The predicted molar refractivity (Wildman–Crippen MR) is 101 cm³/mol. The van der Waals surface area contributed by atoms with Gasteiger partial charge in [0.15, 0.2) is 0 Å². The molecule has 3 nitrogen and oxygen atoms in total. The molecule has 1 fully saturated rings. The third-order valence-electron chi connectivity index (χ3n) is 5.38. The fraction of sp³-hybridized carbons (Fsp3) is 0.333. The molecule has 7 heteroatoms. The van der Waals surface area contributed by atoms with Gasteiger partial charge in [0.1, 0.15) is 0 Å². The molecule has 1 aromatic carbocycles. The Bertz CT molecular complexity index is 958. The number of fused-ring (bicyclic) bond motifs is 2. The smallest absolute Gasteiger partial charge is 0.334 e. The van der Waals surface area contributed by atoms with Crippen molar-refractivity contribution in [2.24, 2.45) is 0 Å². The van der Waals surface area contributed by atoms with Crippen LogP contribution in [0, 0.1) is 0 Å². The molecule has 1 aliphatic carbocycles. The van der Waals surface area contributed by atoms with E-state index in [0.717, 1.165) is 51.3 Å². The Morgan fingerprint density at radius 1 is 1.04 bits per heavy atom. The van der Waals surface area contributed by atoms with Crippen molar-refractivity contribution in [2.75, 3.05) is 13.1 Å². The van der Waals surface area contributed by atoms with Crippen molar-refractivity contribution in [3.63, 3.8) is 0 Å². The number of alkyl halides is 3. The summed E-state index contributed by atoms with van der Waals surface area (Å²) < 4.78 is 38.2. The molecule has 4 rings (SSSR count). The van der Waals surface area contributed by atoms with Crippen LogP contribution in [0.4, 0.5) is 13.2 Å². The van der Waals surface area contributed by atoms with Gasteiger partial charge in [0.25, 0.3) is 0 Å². The summed E-state index contributed by atoms with van der Waals surface area (Å²) in [6.07, 6.45) is -0.645. The highest BCUT2D eigenvalue weighted by Crippen LogP contribution is 2.38. The fourth-order valence-corrected chi connectivity index (χ4v) is 4.24. The number of nitrogens with zero attached hydrogens (tertiary/aromatic N) is 2. The molecule has 2 heterocycles. The van der Waals surface area contributed by atoms with E-state index in [1.807, 2.05) is 30.3 Å². The zero-order chi connectivity index (χ0) is 19.9. The number of pyridine rings is 1. The highest BCUT2D eigenvalue weighted by Gasteiger charge is 2.43. The van der Waals surface area contributed by atoms with Gasteiger partial charge in [0.05, 0.1) is 5.69 Å². The number of rotatable bonds is 0. The number of hydrogen-bond donors (Lipinski definition) is 0. The molecule has 0 bridgehead atoms. The lowest BCUT2D eigenvalue weighted by Crippen LogP contribution is -2.44. The Morgan fingerprint density at radius 3 is 2.46 bits per heavy atom. The summed E-state index contributed by atoms with van der Waals surface area (Å²) in [7, 11) is 0. The van der Waals surface area contributed by atoms with E-state index in [9.17, 15) is 18.0 Å². The van der Waals surface area contributed by atoms with Crippen LogP contribution >= 0.6 is 11.6 Å². The fourth-order valence-electron chi connectivity index (χ4n) is 4.04. The van der Waals surface area contributed by atoms with Crippen molar-refractivity contribution in [1.29, 1.82) is 0 Å². The van der Waals surface area contributed by atoms with Gasteiger partial charge in [-0.2, -0.15) is 13.2 Å². The number of amides is 1. The molecule has 0 atom stereocenters. The molecule has 1 saturated heterocycles. The summed E-state index contributed by atoms with van der Waals surface area (Å²) in [6.45, 7) is 0.116. The molecule has 0 spiro atoms. The largest absolute Gasteiger partial charge is 0.471 e. The van der Waals surface area contributed by atoms with Crippen LogP contribution in [0.25, 0.3) is 5.57 Å². The van der Waals surface area contributed by atoms with Gasteiger partial charge >= 0.3 is 12.1 Å². The first-order valence-electron chi connectivity index (χ1n) is 9.16. The zero-order valence-corrected chi connectivity index (χ0v) is 15.8. The van der Waals surface area contributed by atoms with Crippen LogP contribution in [-0.4, -0.2) is 35.1 Å². The normalized spacial score (nSPS) is 17.1. The van der Waals surface area contributed by atoms with Crippen LogP contribution in [0.1, 0.15) is 35.2 Å². The second-order valence-electron chi connectivity index (χ2n) is 7.08. The number of hydrogen-bond acceptors (Lipinski definition) is 2. The predicted octanol–water partition coefficient (Wildman–Crippen LogP) is 4.82. The molecule has 0 N–H and O–H groups in total. The summed E-state index contributed by atoms with van der Waals surface area (Å²) in [5.41, 5.74) is 6.17. The van der Waals surface area contributed by atoms with Crippen molar-refractivity contribution in [2.45, 2.75) is 31.9 Å². The zero-order valence-electron chi connectivity index (χ0n) is 15.0. The van der Waals surface area contributed by atoms with Crippen LogP contribution in [0.5, 0.6) is 0 Å². The number of aryl methyl sites for hydroxylation is 2. The summed E-state index contributed by atoms with van der Waals surface area (Å²) in [5.74, 6) is -1.76. The Hall–Kier alpha value is -2.34. The number of piperidine rings is 1. The third kappa shape index (κ3) is 3.53. The van der Waals surface area contributed by atoms with Crippen molar-refractivity contribution in [3.8, 4) is 0 Å². The Labute approximate surface area is 165 Å². The number of benzene rings is 1. The average Bonchev–Trinajstić information content (AvgIpc) is 2.83. The number of likely N-dealkylation sites (tertiary alicyclic amines) is 1. The lowest BCUT2D eigenvalue weighted by atomic mass is 9.88. The molecular formula is C21H18ClF3N2O. The first-order chi connectivity index (χ1) is 13.3. The minimum Gasteiger partial charge on any atom is -0.334 e. The van der Waals surface area contributed by atoms with Crippen LogP contribution in [0.2, 0.25) is 5.02 Å². The lowest BCUT2D eigenvalue weighted by molar-refractivity contribution is -0.185. The van der Waals surface area contributed by atoms with E-state index in [0.29, 0.717) is 17.9 Å². The molecule has 0 saturated carbocycles. The minimum atomic E-state index is -4.83. The van der Waals surface area contributed by atoms with Gasteiger partial charge in [-0.15, -0.1) is 0 Å². The summed E-state index contributed by atoms with van der Waals surface area (Å²) in [5, 5.41) is 0.660. The summed E-state index contributed by atoms with van der Waals surface area (Å²) >= 11 is 6.19. The average molecular weight is 407 g/mol. The molecule has 1 amide bonds. The Kier molecular flexibility index (Phi) is 4.91. The van der Waals surface area contributed by atoms with E-state index in [1.54, 1.807) is 6.20 Å². The summed E-state index contributed by atoms with van der Waals surface area (Å²) in [6, 6.07) is 9.69. The SMILES string of the molecule is O=C(N1CCC(=C2c3ccc(Cl)cc3CCc3cccnc32)CC1)C(F)(F)F. The van der Waals surface area contributed by atoms with Crippen LogP contribution in [0.3, 0.4) is 0 Å². The maximum atomic E-state index is 12.7. The molecule has 2 aromatic rings. The Balaban J connectivity index is 1.76. The van der Waals surface area contributed by atoms with Crippen molar-refractivity contribution in [1.82, 2.24) is 9.88 Å². The van der Waals surface area contributed by atoms with E-state index >= 15 is 0 Å². The molecule has 146 valence electrons. The first kappa shape index (κ1) is 19.0. The molecule has 0 radical (unpaired) electrons. The number of carbonyl (C=O) groups excluding carboxylic acids is 1. The molecule has 0 unspecified atom stereocenters. The van der Waals surface area contributed by atoms with Crippen LogP contribution in [0.15, 0.2) is 42.1 Å². The molecule has 28 heavy (non-hydrogen) atoms. The molecule has 1 aromatic heterocycles.